The number of fused-ring (bicyclic) bond motifs is 1. The van der Waals surface area contributed by atoms with E-state index in [0.717, 1.165) is 0 Å². The summed E-state index contributed by atoms with van der Waals surface area (Å²) in [4.78, 5) is 24.3. The van der Waals surface area contributed by atoms with Gasteiger partial charge in [-0.25, -0.2) is 4.52 Å². The Kier molecular flexibility index (Phi) is 3.61. The molecular weight excluding hydrogens is 246 g/mol. The number of pyridine rings is 1. The highest BCUT2D eigenvalue weighted by molar-refractivity contribution is 6.01. The second kappa shape index (κ2) is 5.34. The second-order valence-corrected chi connectivity index (χ2v) is 3.96. The highest BCUT2D eigenvalue weighted by atomic mass is 16.4. The van der Waals surface area contributed by atoms with Crippen molar-refractivity contribution >= 4 is 17.4 Å². The maximum Gasteiger partial charge on any atom is 0.323 e. The predicted octanol–water partition coefficient (Wildman–Crippen LogP) is 1.05. The highest BCUT2D eigenvalue weighted by Crippen LogP contribution is 2.12. The second-order valence-electron chi connectivity index (χ2n) is 3.96. The van der Waals surface area contributed by atoms with Gasteiger partial charge >= 0.3 is 5.97 Å². The highest BCUT2D eigenvalue weighted by Gasteiger charge is 2.20. The summed E-state index contributed by atoms with van der Waals surface area (Å²) in [5.41, 5.74) is 1.02. The third-order valence-electron chi connectivity index (χ3n) is 2.62. The summed E-state index contributed by atoms with van der Waals surface area (Å²) in [5, 5.41) is 12.9. The van der Waals surface area contributed by atoms with Crippen molar-refractivity contribution in [3.8, 4) is 0 Å². The molecule has 0 radical (unpaired) electrons. The van der Waals surface area contributed by atoms with E-state index in [9.17, 15) is 9.59 Å². The lowest BCUT2D eigenvalue weighted by Gasteiger charge is -2.18. The normalized spacial score (nSPS) is 10.3. The van der Waals surface area contributed by atoms with Gasteiger partial charge in [-0.2, -0.15) is 5.10 Å². The van der Waals surface area contributed by atoms with Crippen LogP contribution < -0.4 is 0 Å². The molecule has 1 N–H and O–H groups in total. The van der Waals surface area contributed by atoms with Gasteiger partial charge in [-0.05, 0) is 12.1 Å². The molecule has 2 aromatic heterocycles. The largest absolute Gasteiger partial charge is 0.480 e. The fourth-order valence-corrected chi connectivity index (χ4v) is 1.81. The Labute approximate surface area is 109 Å². The molecule has 0 saturated carbocycles. The zero-order chi connectivity index (χ0) is 13.8. The summed E-state index contributed by atoms with van der Waals surface area (Å²) in [7, 11) is 0. The van der Waals surface area contributed by atoms with Crippen molar-refractivity contribution in [2.45, 2.75) is 0 Å². The van der Waals surface area contributed by atoms with Gasteiger partial charge in [0.2, 0.25) is 0 Å². The van der Waals surface area contributed by atoms with Crippen molar-refractivity contribution in [3.63, 3.8) is 0 Å². The van der Waals surface area contributed by atoms with Gasteiger partial charge in [-0.3, -0.25) is 9.59 Å². The number of amides is 1. The number of carbonyl (C=O) groups excluding carboxylic acids is 1. The monoisotopic (exact) mass is 259 g/mol. The number of carbonyl (C=O) groups is 2. The zero-order valence-corrected chi connectivity index (χ0v) is 10.2. The van der Waals surface area contributed by atoms with Crippen LogP contribution in [0.5, 0.6) is 0 Å². The van der Waals surface area contributed by atoms with Gasteiger partial charge in [-0.15, -0.1) is 6.58 Å². The van der Waals surface area contributed by atoms with E-state index in [1.54, 1.807) is 28.9 Å². The molecule has 6 heteroatoms. The summed E-state index contributed by atoms with van der Waals surface area (Å²) in [6.45, 7) is 3.34. The van der Waals surface area contributed by atoms with Crippen molar-refractivity contribution in [3.05, 3.63) is 48.8 Å². The first-order valence-electron chi connectivity index (χ1n) is 5.68. The standard InChI is InChI=1S/C13H13N3O3/c1-2-6-15(9-12(17)18)13(19)10-8-14-16-7-4-3-5-11(10)16/h2-5,7-8H,1,6,9H2,(H,17,18). The molecule has 2 aromatic rings. The number of aromatic nitrogens is 2. The number of carboxylic acid groups (broad SMARTS) is 1. The fraction of sp³-hybridized carbons (Fsp3) is 0.154. The Bertz CT molecular complexity index is 633. The number of aliphatic carboxylic acids is 1. The van der Waals surface area contributed by atoms with Crippen LogP contribution in [0.4, 0.5) is 0 Å². The van der Waals surface area contributed by atoms with Crippen molar-refractivity contribution in [2.24, 2.45) is 0 Å². The number of hydrogen-bond donors (Lipinski definition) is 1. The van der Waals surface area contributed by atoms with Gasteiger partial charge in [0.25, 0.3) is 5.91 Å². The number of rotatable bonds is 5. The predicted molar refractivity (Wildman–Crippen MR) is 68.9 cm³/mol. The molecule has 0 aliphatic rings. The molecule has 0 unspecified atom stereocenters. The summed E-state index contributed by atoms with van der Waals surface area (Å²) in [6.07, 6.45) is 4.66. The average Bonchev–Trinajstić information content (AvgIpc) is 2.80. The number of hydrogen-bond acceptors (Lipinski definition) is 3. The van der Waals surface area contributed by atoms with Crippen LogP contribution in [-0.2, 0) is 4.79 Å². The van der Waals surface area contributed by atoms with Crippen LogP contribution in [0.3, 0.4) is 0 Å². The van der Waals surface area contributed by atoms with E-state index < -0.39 is 5.97 Å². The minimum Gasteiger partial charge on any atom is -0.480 e. The lowest BCUT2D eigenvalue weighted by atomic mass is 10.2. The van der Waals surface area contributed by atoms with Crippen LogP contribution in [0.1, 0.15) is 10.4 Å². The minimum atomic E-state index is -1.06. The lowest BCUT2D eigenvalue weighted by molar-refractivity contribution is -0.137. The van der Waals surface area contributed by atoms with E-state index in [1.807, 2.05) is 0 Å². The van der Waals surface area contributed by atoms with Crippen LogP contribution in [0.2, 0.25) is 0 Å². The van der Waals surface area contributed by atoms with Crippen LogP contribution in [0.25, 0.3) is 5.52 Å². The number of nitrogens with zero attached hydrogens (tertiary/aromatic N) is 3. The zero-order valence-electron chi connectivity index (χ0n) is 10.2. The fourth-order valence-electron chi connectivity index (χ4n) is 1.81. The van der Waals surface area contributed by atoms with E-state index in [4.69, 9.17) is 5.11 Å². The molecule has 1 amide bonds. The molecule has 19 heavy (non-hydrogen) atoms. The molecule has 0 spiro atoms. The Morgan fingerprint density at radius 2 is 2.26 bits per heavy atom. The molecule has 0 aromatic carbocycles. The Morgan fingerprint density at radius 3 is 2.95 bits per heavy atom. The lowest BCUT2D eigenvalue weighted by Crippen LogP contribution is -2.35. The van der Waals surface area contributed by atoms with Crippen molar-refractivity contribution in [2.75, 3.05) is 13.1 Å². The molecule has 0 fully saturated rings. The first-order chi connectivity index (χ1) is 9.13. The summed E-state index contributed by atoms with van der Waals surface area (Å²) in [5.74, 6) is -1.44. The van der Waals surface area contributed by atoms with Crippen molar-refractivity contribution < 1.29 is 14.7 Å². The molecule has 0 bridgehead atoms. The smallest absolute Gasteiger partial charge is 0.323 e. The molecule has 0 saturated heterocycles. The molecule has 0 aliphatic carbocycles. The third kappa shape index (κ3) is 2.62. The molecule has 0 aliphatic heterocycles. The van der Waals surface area contributed by atoms with Gasteiger partial charge in [-0.1, -0.05) is 12.1 Å². The van der Waals surface area contributed by atoms with E-state index in [1.165, 1.54) is 17.2 Å². The topological polar surface area (TPSA) is 74.9 Å². The maximum absolute atomic E-state index is 12.3. The van der Waals surface area contributed by atoms with Gasteiger partial charge in [0, 0.05) is 12.7 Å². The van der Waals surface area contributed by atoms with Crippen molar-refractivity contribution in [1.29, 1.82) is 0 Å². The van der Waals surface area contributed by atoms with E-state index in [0.29, 0.717) is 11.1 Å². The van der Waals surface area contributed by atoms with Gasteiger partial charge in [0.1, 0.15) is 6.54 Å². The van der Waals surface area contributed by atoms with E-state index >= 15 is 0 Å². The van der Waals surface area contributed by atoms with Gasteiger partial charge in [0.05, 0.1) is 17.3 Å². The molecule has 0 atom stereocenters. The van der Waals surface area contributed by atoms with E-state index in [2.05, 4.69) is 11.7 Å². The van der Waals surface area contributed by atoms with Crippen LogP contribution in [0.15, 0.2) is 43.2 Å². The summed E-state index contributed by atoms with van der Waals surface area (Å²) >= 11 is 0. The van der Waals surface area contributed by atoms with Crippen molar-refractivity contribution in [1.82, 2.24) is 14.5 Å². The number of carboxylic acids is 1. The van der Waals surface area contributed by atoms with Gasteiger partial charge in [0.15, 0.2) is 0 Å². The first kappa shape index (κ1) is 12.8. The molecule has 2 rings (SSSR count). The first-order valence-corrected chi connectivity index (χ1v) is 5.68. The SMILES string of the molecule is C=CCN(CC(=O)O)C(=O)c1cnn2ccccc12. The van der Waals surface area contributed by atoms with E-state index in [-0.39, 0.29) is 19.0 Å². The minimum absolute atomic E-state index is 0.176. The van der Waals surface area contributed by atoms with Crippen LogP contribution >= 0.6 is 0 Å². The summed E-state index contributed by atoms with van der Waals surface area (Å²) in [6, 6.07) is 5.35. The maximum atomic E-state index is 12.3. The molecule has 98 valence electrons. The molecule has 2 heterocycles. The van der Waals surface area contributed by atoms with Gasteiger partial charge < -0.3 is 10.0 Å². The molecule has 6 nitrogen and oxygen atoms in total. The van der Waals surface area contributed by atoms with Crippen LogP contribution in [0, 0.1) is 0 Å². The molecular formula is C13H13N3O3. The Hall–Kier alpha value is -2.63. The van der Waals surface area contributed by atoms with Crippen LogP contribution in [-0.4, -0.2) is 44.6 Å². The third-order valence-corrected chi connectivity index (χ3v) is 2.62. The average molecular weight is 259 g/mol. The Morgan fingerprint density at radius 1 is 1.47 bits per heavy atom. The quantitative estimate of drug-likeness (QED) is 0.814. The Balaban J connectivity index is 2.35. The summed E-state index contributed by atoms with van der Waals surface area (Å²) < 4.78 is 1.57.